The second-order valence-corrected chi connectivity index (χ2v) is 5.97. The van der Waals surface area contributed by atoms with Gasteiger partial charge in [-0.25, -0.2) is 9.59 Å². The van der Waals surface area contributed by atoms with Crippen LogP contribution < -0.4 is 5.32 Å². The number of ether oxygens (including phenoxy) is 2. The first-order chi connectivity index (χ1) is 9.17. The summed E-state index contributed by atoms with van der Waals surface area (Å²) in [6.07, 6.45) is 0.544. The quantitative estimate of drug-likeness (QED) is 0.552. The van der Waals surface area contributed by atoms with E-state index in [1.54, 1.807) is 20.8 Å². The molecule has 0 aromatic carbocycles. The molecule has 0 saturated carbocycles. The van der Waals surface area contributed by atoms with Crippen molar-refractivity contribution in [3.05, 3.63) is 0 Å². The molecule has 6 heteroatoms. The van der Waals surface area contributed by atoms with Crippen molar-refractivity contribution in [2.75, 3.05) is 13.2 Å². The van der Waals surface area contributed by atoms with E-state index in [2.05, 4.69) is 5.32 Å². The average molecular weight is 289 g/mol. The Morgan fingerprint density at radius 1 is 1.20 bits per heavy atom. The largest absolute Gasteiger partial charge is 0.464 e. The van der Waals surface area contributed by atoms with Gasteiger partial charge in [-0.05, 0) is 39.5 Å². The standard InChI is InChI=1S/C14H27NO5/c1-10(2)11(12(17)19-9-7-6-8-16)15-13(18)20-14(3,4)5/h10-11,16H,6-9H2,1-5H3,(H,15,18)/t11-/m1/s1. The van der Waals surface area contributed by atoms with Gasteiger partial charge < -0.3 is 19.9 Å². The highest BCUT2D eigenvalue weighted by Crippen LogP contribution is 2.09. The van der Waals surface area contributed by atoms with Crippen molar-refractivity contribution in [1.29, 1.82) is 0 Å². The molecule has 118 valence electrons. The van der Waals surface area contributed by atoms with E-state index >= 15 is 0 Å². The molecule has 0 aliphatic carbocycles. The smallest absolute Gasteiger partial charge is 0.408 e. The number of alkyl carbamates (subject to hydrolysis) is 1. The molecule has 6 nitrogen and oxygen atoms in total. The van der Waals surface area contributed by atoms with E-state index < -0.39 is 23.7 Å². The number of hydrogen-bond acceptors (Lipinski definition) is 5. The minimum absolute atomic E-state index is 0.0708. The number of aliphatic hydroxyl groups excluding tert-OH is 1. The van der Waals surface area contributed by atoms with Gasteiger partial charge in [0.1, 0.15) is 11.6 Å². The lowest BCUT2D eigenvalue weighted by Gasteiger charge is -2.24. The molecule has 2 N–H and O–H groups in total. The summed E-state index contributed by atoms with van der Waals surface area (Å²) in [5.74, 6) is -0.586. The molecule has 1 amide bonds. The number of carbonyl (C=O) groups excluding carboxylic acids is 2. The van der Waals surface area contributed by atoms with Crippen molar-refractivity contribution in [2.45, 2.75) is 59.1 Å². The van der Waals surface area contributed by atoms with Gasteiger partial charge in [-0.2, -0.15) is 0 Å². The maximum Gasteiger partial charge on any atom is 0.408 e. The zero-order valence-electron chi connectivity index (χ0n) is 13.1. The lowest BCUT2D eigenvalue weighted by molar-refractivity contribution is -0.147. The van der Waals surface area contributed by atoms with E-state index in [0.717, 1.165) is 0 Å². The van der Waals surface area contributed by atoms with E-state index in [4.69, 9.17) is 14.6 Å². The molecular weight excluding hydrogens is 262 g/mol. The van der Waals surface area contributed by atoms with Crippen molar-refractivity contribution >= 4 is 12.1 Å². The third kappa shape index (κ3) is 8.74. The minimum Gasteiger partial charge on any atom is -0.464 e. The van der Waals surface area contributed by atoms with Gasteiger partial charge in [-0.15, -0.1) is 0 Å². The maximum atomic E-state index is 11.9. The molecule has 0 unspecified atom stereocenters. The summed E-state index contributed by atoms with van der Waals surface area (Å²) in [6.45, 7) is 9.20. The summed E-state index contributed by atoms with van der Waals surface area (Å²) in [5.41, 5.74) is -0.614. The van der Waals surface area contributed by atoms with E-state index in [1.165, 1.54) is 0 Å². The molecule has 0 aliphatic heterocycles. The Labute approximate surface area is 120 Å². The van der Waals surface area contributed by atoms with E-state index in [9.17, 15) is 9.59 Å². The molecule has 0 fully saturated rings. The molecular formula is C14H27NO5. The Balaban J connectivity index is 4.35. The van der Waals surface area contributed by atoms with Crippen LogP contribution in [0.3, 0.4) is 0 Å². The van der Waals surface area contributed by atoms with Crippen molar-refractivity contribution in [3.8, 4) is 0 Å². The van der Waals surface area contributed by atoms with Gasteiger partial charge in [0, 0.05) is 6.61 Å². The number of aliphatic hydroxyl groups is 1. The van der Waals surface area contributed by atoms with Gasteiger partial charge >= 0.3 is 12.1 Å². The van der Waals surface area contributed by atoms with Gasteiger partial charge in [-0.3, -0.25) is 0 Å². The first-order valence-corrected chi connectivity index (χ1v) is 6.94. The van der Waals surface area contributed by atoms with Crippen LogP contribution >= 0.6 is 0 Å². The Hall–Kier alpha value is -1.30. The van der Waals surface area contributed by atoms with Crippen LogP contribution in [0.5, 0.6) is 0 Å². The number of rotatable bonds is 7. The normalized spacial score (nSPS) is 12.9. The average Bonchev–Trinajstić information content (AvgIpc) is 2.28. The van der Waals surface area contributed by atoms with Crippen molar-refractivity contribution < 1.29 is 24.2 Å². The Bertz CT molecular complexity index is 309. The van der Waals surface area contributed by atoms with E-state index in [1.807, 2.05) is 13.8 Å². The van der Waals surface area contributed by atoms with E-state index in [-0.39, 0.29) is 19.1 Å². The van der Waals surface area contributed by atoms with Crippen LogP contribution in [0.2, 0.25) is 0 Å². The molecule has 0 aliphatic rings. The van der Waals surface area contributed by atoms with E-state index in [0.29, 0.717) is 12.8 Å². The Morgan fingerprint density at radius 2 is 1.80 bits per heavy atom. The first-order valence-electron chi connectivity index (χ1n) is 6.94. The molecule has 0 aromatic rings. The van der Waals surface area contributed by atoms with Crippen LogP contribution in [0.15, 0.2) is 0 Å². The van der Waals surface area contributed by atoms with Gasteiger partial charge in [0.25, 0.3) is 0 Å². The van der Waals surface area contributed by atoms with Crippen molar-refractivity contribution in [3.63, 3.8) is 0 Å². The van der Waals surface area contributed by atoms with Gasteiger partial charge in [0.2, 0.25) is 0 Å². The summed E-state index contributed by atoms with van der Waals surface area (Å²) >= 11 is 0. The van der Waals surface area contributed by atoms with Crippen molar-refractivity contribution in [1.82, 2.24) is 5.32 Å². The Kier molecular flexibility index (Phi) is 8.22. The second kappa shape index (κ2) is 8.79. The fraction of sp³-hybridized carbons (Fsp3) is 0.857. The minimum atomic E-state index is -0.737. The predicted molar refractivity (Wildman–Crippen MR) is 75.3 cm³/mol. The lowest BCUT2D eigenvalue weighted by atomic mass is 10.1. The number of carbonyl (C=O) groups is 2. The maximum absolute atomic E-state index is 11.9. The zero-order valence-corrected chi connectivity index (χ0v) is 13.1. The summed E-state index contributed by atoms with van der Waals surface area (Å²) < 4.78 is 10.2. The summed E-state index contributed by atoms with van der Waals surface area (Å²) in [4.78, 5) is 23.6. The Morgan fingerprint density at radius 3 is 2.25 bits per heavy atom. The molecule has 0 bridgehead atoms. The SMILES string of the molecule is CC(C)[C@@H](NC(=O)OC(C)(C)C)C(=O)OCCCCO. The fourth-order valence-electron chi connectivity index (χ4n) is 1.41. The molecule has 0 rings (SSSR count). The summed E-state index contributed by atoms with van der Waals surface area (Å²) in [6, 6.07) is -0.737. The highest BCUT2D eigenvalue weighted by Gasteiger charge is 2.27. The van der Waals surface area contributed by atoms with Crippen LogP contribution in [0.4, 0.5) is 4.79 Å². The highest BCUT2D eigenvalue weighted by molar-refractivity contribution is 5.81. The molecule has 20 heavy (non-hydrogen) atoms. The monoisotopic (exact) mass is 289 g/mol. The molecule has 0 aromatic heterocycles. The molecule has 0 radical (unpaired) electrons. The number of nitrogens with one attached hydrogen (secondary N) is 1. The third-order valence-electron chi connectivity index (χ3n) is 2.39. The highest BCUT2D eigenvalue weighted by atomic mass is 16.6. The molecule has 0 saturated heterocycles. The fourth-order valence-corrected chi connectivity index (χ4v) is 1.41. The van der Waals surface area contributed by atoms with Gasteiger partial charge in [-0.1, -0.05) is 13.8 Å². The third-order valence-corrected chi connectivity index (χ3v) is 2.39. The van der Waals surface area contributed by atoms with Crippen LogP contribution in [-0.2, 0) is 14.3 Å². The molecule has 0 spiro atoms. The number of unbranched alkanes of at least 4 members (excludes halogenated alkanes) is 1. The number of esters is 1. The molecule has 1 atom stereocenters. The van der Waals surface area contributed by atoms with Crippen LogP contribution in [0.1, 0.15) is 47.5 Å². The van der Waals surface area contributed by atoms with Gasteiger partial charge in [0.05, 0.1) is 6.61 Å². The summed E-state index contributed by atoms with van der Waals surface area (Å²) in [7, 11) is 0. The summed E-state index contributed by atoms with van der Waals surface area (Å²) in [5, 5.41) is 11.2. The zero-order chi connectivity index (χ0) is 15.8. The number of hydrogen-bond donors (Lipinski definition) is 2. The van der Waals surface area contributed by atoms with Crippen LogP contribution in [0.25, 0.3) is 0 Å². The lowest BCUT2D eigenvalue weighted by Crippen LogP contribution is -2.47. The van der Waals surface area contributed by atoms with Crippen molar-refractivity contribution in [2.24, 2.45) is 5.92 Å². The predicted octanol–water partition coefficient (Wildman–Crippen LogP) is 1.85. The first kappa shape index (κ1) is 18.7. The number of amides is 1. The van der Waals surface area contributed by atoms with Crippen LogP contribution in [-0.4, -0.2) is 42.0 Å². The second-order valence-electron chi connectivity index (χ2n) is 5.97. The topological polar surface area (TPSA) is 84.9 Å². The van der Waals surface area contributed by atoms with Crippen LogP contribution in [0, 0.1) is 5.92 Å². The van der Waals surface area contributed by atoms with Gasteiger partial charge in [0.15, 0.2) is 0 Å². The molecule has 0 heterocycles.